The number of nitrogens with zero attached hydrogens (tertiary/aromatic N) is 2. The van der Waals surface area contributed by atoms with Crippen LogP contribution in [0, 0.1) is 34.9 Å². The molecule has 1 N–H and O–H groups in total. The van der Waals surface area contributed by atoms with Gasteiger partial charge in [0.15, 0.2) is 23.3 Å². The molecule has 0 radical (unpaired) electrons. The molecular weight excluding hydrogens is 412 g/mol. The Balaban J connectivity index is 1.69. The lowest BCUT2D eigenvalue weighted by atomic mass is 10.2. The highest BCUT2D eigenvalue weighted by atomic mass is 19.2. The summed E-state index contributed by atoms with van der Waals surface area (Å²) in [4.78, 5) is 16.2. The maximum Gasteiger partial charge on any atom is 0.241 e. The van der Waals surface area contributed by atoms with E-state index < -0.39 is 46.7 Å². The fraction of sp³-hybridized carbons (Fsp3) is 0.350. The molecule has 2 aromatic rings. The van der Waals surface area contributed by atoms with Crippen LogP contribution in [0.25, 0.3) is 0 Å². The monoisotopic (exact) mass is 431 g/mol. The standard InChI is InChI=1S/C20H19F6N3O/c1-11(20(30)27-19-17(25)15(23)14(22)16(24)18(19)26)28-7-2-8-29(10-9-28)13-5-3-12(21)4-6-13/h3-6,11H,2,7-10H2,1H3,(H,27,30). The van der Waals surface area contributed by atoms with Gasteiger partial charge in [0.1, 0.15) is 11.5 Å². The van der Waals surface area contributed by atoms with Gasteiger partial charge in [-0.2, -0.15) is 0 Å². The van der Waals surface area contributed by atoms with E-state index in [-0.39, 0.29) is 5.82 Å². The molecule has 3 rings (SSSR count). The first kappa shape index (κ1) is 21.9. The van der Waals surface area contributed by atoms with Crippen molar-refractivity contribution in [1.82, 2.24) is 4.90 Å². The van der Waals surface area contributed by atoms with Crippen molar-refractivity contribution >= 4 is 17.3 Å². The van der Waals surface area contributed by atoms with Gasteiger partial charge in [-0.25, -0.2) is 26.3 Å². The number of amides is 1. The van der Waals surface area contributed by atoms with Gasteiger partial charge in [-0.05, 0) is 37.6 Å². The smallest absolute Gasteiger partial charge is 0.241 e. The first-order valence-corrected chi connectivity index (χ1v) is 9.27. The zero-order valence-electron chi connectivity index (χ0n) is 16.0. The molecule has 0 saturated carbocycles. The van der Waals surface area contributed by atoms with Crippen LogP contribution in [0.4, 0.5) is 37.7 Å². The molecule has 4 nitrogen and oxygen atoms in total. The van der Waals surface area contributed by atoms with E-state index in [0.29, 0.717) is 32.6 Å². The zero-order valence-corrected chi connectivity index (χ0v) is 16.0. The van der Waals surface area contributed by atoms with Crippen LogP contribution in [0.3, 0.4) is 0 Å². The van der Waals surface area contributed by atoms with Gasteiger partial charge in [-0.1, -0.05) is 0 Å². The van der Waals surface area contributed by atoms with E-state index in [1.54, 1.807) is 17.0 Å². The van der Waals surface area contributed by atoms with Gasteiger partial charge in [-0.3, -0.25) is 9.69 Å². The van der Waals surface area contributed by atoms with Crippen LogP contribution in [-0.2, 0) is 4.79 Å². The molecule has 1 heterocycles. The predicted octanol–water partition coefficient (Wildman–Crippen LogP) is 4.06. The number of hydrogen-bond donors (Lipinski definition) is 1. The Labute approximate surface area is 169 Å². The highest BCUT2D eigenvalue weighted by Gasteiger charge is 2.30. The quantitative estimate of drug-likeness (QED) is 0.451. The number of rotatable bonds is 4. The fourth-order valence-corrected chi connectivity index (χ4v) is 3.34. The maximum absolute atomic E-state index is 13.8. The SMILES string of the molecule is CC(C(=O)Nc1c(F)c(F)c(F)c(F)c1F)N1CCCN(c2ccc(F)cc2)CC1. The molecule has 162 valence electrons. The summed E-state index contributed by atoms with van der Waals surface area (Å²) in [5.41, 5.74) is -0.553. The lowest BCUT2D eigenvalue weighted by Gasteiger charge is -2.27. The minimum Gasteiger partial charge on any atom is -0.370 e. The molecule has 0 aromatic heterocycles. The van der Waals surface area contributed by atoms with Crippen LogP contribution in [-0.4, -0.2) is 43.0 Å². The van der Waals surface area contributed by atoms with Gasteiger partial charge in [0, 0.05) is 31.9 Å². The number of benzene rings is 2. The van der Waals surface area contributed by atoms with Gasteiger partial charge in [0.05, 0.1) is 6.04 Å². The van der Waals surface area contributed by atoms with Crippen LogP contribution < -0.4 is 10.2 Å². The van der Waals surface area contributed by atoms with Crippen molar-refractivity contribution in [3.63, 3.8) is 0 Å². The third kappa shape index (κ3) is 4.38. The number of hydrogen-bond acceptors (Lipinski definition) is 3. The van der Waals surface area contributed by atoms with Gasteiger partial charge < -0.3 is 10.2 Å². The van der Waals surface area contributed by atoms with E-state index in [4.69, 9.17) is 0 Å². The molecular formula is C20H19F6N3O. The van der Waals surface area contributed by atoms with Crippen molar-refractivity contribution in [1.29, 1.82) is 0 Å². The molecule has 0 spiro atoms. The minimum absolute atomic E-state index is 0.353. The summed E-state index contributed by atoms with van der Waals surface area (Å²) in [7, 11) is 0. The molecule has 1 amide bonds. The van der Waals surface area contributed by atoms with Crippen molar-refractivity contribution in [2.45, 2.75) is 19.4 Å². The van der Waals surface area contributed by atoms with Crippen molar-refractivity contribution in [3.05, 3.63) is 59.2 Å². The Kier molecular flexibility index (Phi) is 6.55. The number of anilines is 2. The van der Waals surface area contributed by atoms with Crippen molar-refractivity contribution in [2.24, 2.45) is 0 Å². The molecule has 1 saturated heterocycles. The third-order valence-corrected chi connectivity index (χ3v) is 5.11. The first-order valence-electron chi connectivity index (χ1n) is 9.27. The van der Waals surface area contributed by atoms with Crippen molar-refractivity contribution < 1.29 is 31.1 Å². The summed E-state index contributed by atoms with van der Waals surface area (Å²) in [5, 5.41) is 1.82. The molecule has 0 bridgehead atoms. The number of nitrogens with one attached hydrogen (secondary N) is 1. The Morgan fingerprint density at radius 3 is 2.00 bits per heavy atom. The van der Waals surface area contributed by atoms with Gasteiger partial charge >= 0.3 is 0 Å². The lowest BCUT2D eigenvalue weighted by Crippen LogP contribution is -2.44. The molecule has 1 unspecified atom stereocenters. The second kappa shape index (κ2) is 8.95. The van der Waals surface area contributed by atoms with Crippen LogP contribution in [0.2, 0.25) is 0 Å². The van der Waals surface area contributed by atoms with Crippen LogP contribution >= 0.6 is 0 Å². The summed E-state index contributed by atoms with van der Waals surface area (Å²) in [6, 6.07) is 5.10. The van der Waals surface area contributed by atoms with E-state index >= 15 is 0 Å². The molecule has 2 aromatic carbocycles. The van der Waals surface area contributed by atoms with E-state index in [0.717, 1.165) is 5.69 Å². The maximum atomic E-state index is 13.8. The van der Waals surface area contributed by atoms with Crippen molar-refractivity contribution in [2.75, 3.05) is 36.4 Å². The Morgan fingerprint density at radius 2 is 1.40 bits per heavy atom. The molecule has 1 atom stereocenters. The zero-order chi connectivity index (χ0) is 22.0. The number of halogens is 6. The van der Waals surface area contributed by atoms with Gasteiger partial charge in [-0.15, -0.1) is 0 Å². The summed E-state index contributed by atoms with van der Waals surface area (Å²) in [6.45, 7) is 3.52. The van der Waals surface area contributed by atoms with E-state index in [1.807, 2.05) is 10.2 Å². The molecule has 30 heavy (non-hydrogen) atoms. The summed E-state index contributed by atoms with van der Waals surface area (Å²) < 4.78 is 80.6. The van der Waals surface area contributed by atoms with Gasteiger partial charge in [0.25, 0.3) is 0 Å². The second-order valence-electron chi connectivity index (χ2n) is 6.96. The molecule has 10 heteroatoms. The highest BCUT2D eigenvalue weighted by Crippen LogP contribution is 2.27. The van der Waals surface area contributed by atoms with Crippen LogP contribution in [0.5, 0.6) is 0 Å². The van der Waals surface area contributed by atoms with Crippen LogP contribution in [0.1, 0.15) is 13.3 Å². The summed E-state index contributed by atoms with van der Waals surface area (Å²) in [5.74, 6) is -12.0. The highest BCUT2D eigenvalue weighted by molar-refractivity contribution is 5.94. The summed E-state index contributed by atoms with van der Waals surface area (Å²) >= 11 is 0. The van der Waals surface area contributed by atoms with Crippen LogP contribution in [0.15, 0.2) is 24.3 Å². The minimum atomic E-state index is -2.29. The molecule has 1 fully saturated rings. The lowest BCUT2D eigenvalue weighted by molar-refractivity contribution is -0.120. The normalized spacial score (nSPS) is 16.3. The van der Waals surface area contributed by atoms with Crippen molar-refractivity contribution in [3.8, 4) is 0 Å². The van der Waals surface area contributed by atoms with E-state index in [1.165, 1.54) is 19.1 Å². The number of carbonyl (C=O) groups is 1. The Morgan fingerprint density at radius 1 is 0.833 bits per heavy atom. The molecule has 1 aliphatic rings. The van der Waals surface area contributed by atoms with Gasteiger partial charge in [0.2, 0.25) is 11.7 Å². The topological polar surface area (TPSA) is 35.6 Å². The average molecular weight is 431 g/mol. The number of carbonyl (C=O) groups excluding carboxylic acids is 1. The second-order valence-corrected chi connectivity index (χ2v) is 6.96. The van der Waals surface area contributed by atoms with E-state index in [2.05, 4.69) is 0 Å². The summed E-state index contributed by atoms with van der Waals surface area (Å²) in [6.07, 6.45) is 0.650. The average Bonchev–Trinajstić information content (AvgIpc) is 3.00. The molecule has 1 aliphatic heterocycles. The predicted molar refractivity (Wildman–Crippen MR) is 99.1 cm³/mol. The molecule has 0 aliphatic carbocycles. The fourth-order valence-electron chi connectivity index (χ4n) is 3.34. The first-order chi connectivity index (χ1) is 14.2. The van der Waals surface area contributed by atoms with E-state index in [9.17, 15) is 31.1 Å². The largest absolute Gasteiger partial charge is 0.370 e. The third-order valence-electron chi connectivity index (χ3n) is 5.11. The Hall–Kier alpha value is -2.75. The Bertz CT molecular complexity index is 908.